The van der Waals surface area contributed by atoms with Gasteiger partial charge in [-0.05, 0) is 69.1 Å². The van der Waals surface area contributed by atoms with Gasteiger partial charge >= 0.3 is 0 Å². The van der Waals surface area contributed by atoms with Crippen LogP contribution in [0.25, 0.3) is 121 Å². The Balaban J connectivity index is 1.19. The van der Waals surface area contributed by atoms with Crippen LogP contribution in [-0.2, 0) is 0 Å². The summed E-state index contributed by atoms with van der Waals surface area (Å²) >= 11 is 0. The van der Waals surface area contributed by atoms with Crippen LogP contribution >= 0.6 is 0 Å². The first-order valence-corrected chi connectivity index (χ1v) is 19.2. The number of para-hydroxylation sites is 4. The van der Waals surface area contributed by atoms with Gasteiger partial charge in [0.2, 0.25) is 5.95 Å². The SMILES string of the molecule is c1ccc2c(c1)-c1ccccc1-n1c3ccccc3c3cc4c(c-2c31)c1ccccc1n4-c1nc(-c2ccc3ccc4ccccc4c3c2)c2ccccc2n1. The van der Waals surface area contributed by atoms with Crippen molar-refractivity contribution < 1.29 is 0 Å². The number of aromatic nitrogens is 4. The Bertz CT molecular complexity index is 3660. The van der Waals surface area contributed by atoms with E-state index in [1.54, 1.807) is 0 Å². The maximum absolute atomic E-state index is 5.56. The lowest BCUT2D eigenvalue weighted by atomic mass is 9.91. The van der Waals surface area contributed by atoms with E-state index in [1.807, 2.05) is 0 Å². The van der Waals surface area contributed by atoms with E-state index in [4.69, 9.17) is 9.97 Å². The Kier molecular flexibility index (Phi) is 5.86. The average Bonchev–Trinajstić information content (AvgIpc) is 3.73. The fraction of sp³-hybridized carbons (Fsp3) is 0. The number of rotatable bonds is 2. The fourth-order valence-electron chi connectivity index (χ4n) is 9.67. The first kappa shape index (κ1) is 29.8. The van der Waals surface area contributed by atoms with E-state index >= 15 is 0 Å². The van der Waals surface area contributed by atoms with Crippen LogP contribution in [0.2, 0.25) is 0 Å². The summed E-state index contributed by atoms with van der Waals surface area (Å²) in [5.41, 5.74) is 13.6. The van der Waals surface area contributed by atoms with Gasteiger partial charge in [-0.15, -0.1) is 0 Å². The molecule has 0 radical (unpaired) electrons. The van der Waals surface area contributed by atoms with Crippen molar-refractivity contribution in [2.75, 3.05) is 0 Å². The molecule has 4 heteroatoms. The molecule has 0 amide bonds. The normalized spacial score (nSPS) is 12.3. The van der Waals surface area contributed by atoms with Crippen molar-refractivity contribution in [1.82, 2.24) is 19.1 Å². The van der Waals surface area contributed by atoms with E-state index in [2.05, 4.69) is 191 Å². The number of fused-ring (bicyclic) bond motifs is 16. The second-order valence-corrected chi connectivity index (χ2v) is 14.9. The predicted octanol–water partition coefficient (Wildman–Crippen LogP) is 13.4. The monoisotopic (exact) mass is 710 g/mol. The lowest BCUT2D eigenvalue weighted by Crippen LogP contribution is -2.03. The molecule has 0 spiro atoms. The first-order chi connectivity index (χ1) is 27.8. The molecule has 0 atom stereocenters. The molecular weight excluding hydrogens is 681 g/mol. The molecule has 0 saturated carbocycles. The molecule has 1 aliphatic heterocycles. The highest BCUT2D eigenvalue weighted by atomic mass is 15.2. The summed E-state index contributed by atoms with van der Waals surface area (Å²) in [6.45, 7) is 0. The molecule has 4 nitrogen and oxygen atoms in total. The van der Waals surface area contributed by atoms with Gasteiger partial charge in [-0.3, -0.25) is 4.57 Å². The summed E-state index contributed by atoms with van der Waals surface area (Å²) in [7, 11) is 0. The summed E-state index contributed by atoms with van der Waals surface area (Å²) in [6, 6.07) is 66.0. The minimum Gasteiger partial charge on any atom is -0.308 e. The lowest BCUT2D eigenvalue weighted by molar-refractivity contribution is 1.01. The molecule has 0 unspecified atom stereocenters. The molecule has 12 aromatic rings. The van der Waals surface area contributed by atoms with E-state index in [0.717, 1.165) is 33.2 Å². The largest absolute Gasteiger partial charge is 0.308 e. The lowest BCUT2D eigenvalue weighted by Gasteiger charge is -2.14. The summed E-state index contributed by atoms with van der Waals surface area (Å²) in [5.74, 6) is 0.656. The van der Waals surface area contributed by atoms with Crippen molar-refractivity contribution in [3.8, 4) is 45.1 Å². The van der Waals surface area contributed by atoms with Crippen molar-refractivity contribution in [2.24, 2.45) is 0 Å². The van der Waals surface area contributed by atoms with Crippen LogP contribution in [0.15, 0.2) is 182 Å². The molecule has 56 heavy (non-hydrogen) atoms. The van der Waals surface area contributed by atoms with Gasteiger partial charge in [-0.25, -0.2) is 9.97 Å². The smallest absolute Gasteiger partial charge is 0.235 e. The van der Waals surface area contributed by atoms with E-state index in [1.165, 1.54) is 82.1 Å². The zero-order valence-corrected chi connectivity index (χ0v) is 30.1. The maximum atomic E-state index is 5.56. The van der Waals surface area contributed by atoms with Gasteiger partial charge in [-0.1, -0.05) is 146 Å². The van der Waals surface area contributed by atoms with Gasteiger partial charge in [0.15, 0.2) is 0 Å². The number of nitrogens with zero attached hydrogens (tertiary/aromatic N) is 4. The van der Waals surface area contributed by atoms with Crippen LogP contribution in [0.1, 0.15) is 0 Å². The van der Waals surface area contributed by atoms with Gasteiger partial charge in [0, 0.05) is 43.6 Å². The number of hydrogen-bond donors (Lipinski definition) is 0. The fourth-order valence-corrected chi connectivity index (χ4v) is 9.67. The van der Waals surface area contributed by atoms with Crippen molar-refractivity contribution in [3.05, 3.63) is 182 Å². The summed E-state index contributed by atoms with van der Waals surface area (Å²) in [4.78, 5) is 10.9. The molecule has 0 bridgehead atoms. The Morgan fingerprint density at radius 1 is 0.375 bits per heavy atom. The van der Waals surface area contributed by atoms with Crippen molar-refractivity contribution in [3.63, 3.8) is 0 Å². The molecule has 258 valence electrons. The third kappa shape index (κ3) is 3.92. The van der Waals surface area contributed by atoms with E-state index in [0.29, 0.717) is 5.95 Å². The predicted molar refractivity (Wildman–Crippen MR) is 233 cm³/mol. The maximum Gasteiger partial charge on any atom is 0.235 e. The van der Waals surface area contributed by atoms with Crippen LogP contribution in [0.5, 0.6) is 0 Å². The minimum atomic E-state index is 0.656. The highest BCUT2D eigenvalue weighted by molar-refractivity contribution is 6.28. The van der Waals surface area contributed by atoms with Crippen LogP contribution in [-0.4, -0.2) is 19.1 Å². The quantitative estimate of drug-likeness (QED) is 0.167. The van der Waals surface area contributed by atoms with Gasteiger partial charge < -0.3 is 4.57 Å². The summed E-state index contributed by atoms with van der Waals surface area (Å²) in [5, 5.41) is 10.7. The van der Waals surface area contributed by atoms with Crippen molar-refractivity contribution >= 4 is 76.1 Å². The Morgan fingerprint density at radius 2 is 1.00 bits per heavy atom. The molecule has 0 aliphatic carbocycles. The van der Waals surface area contributed by atoms with Crippen LogP contribution < -0.4 is 0 Å². The highest BCUT2D eigenvalue weighted by Crippen LogP contribution is 2.51. The van der Waals surface area contributed by atoms with Crippen LogP contribution in [0.3, 0.4) is 0 Å². The van der Waals surface area contributed by atoms with Crippen molar-refractivity contribution in [2.45, 2.75) is 0 Å². The van der Waals surface area contributed by atoms with Crippen LogP contribution in [0, 0.1) is 0 Å². The third-order valence-corrected chi connectivity index (χ3v) is 12.0. The zero-order chi connectivity index (χ0) is 36.5. The molecule has 3 aromatic heterocycles. The molecule has 1 aliphatic rings. The first-order valence-electron chi connectivity index (χ1n) is 19.2. The average molecular weight is 711 g/mol. The Morgan fingerprint density at radius 3 is 1.86 bits per heavy atom. The zero-order valence-electron chi connectivity index (χ0n) is 30.1. The number of hydrogen-bond acceptors (Lipinski definition) is 2. The standard InChI is InChI=1S/C52H30N4/c1-2-14-34-31(13-1)25-26-32-27-28-33(29-41(32)34)50-39-19-5-9-21-43(39)53-52(54-50)56-46-24-12-8-20-40(46)48-47(56)30-42-37-17-7-11-23-45(37)55-44-22-10-6-16-36(44)35-15-3-4-18-38(35)49(48)51(42)55/h1-30H. The van der Waals surface area contributed by atoms with Crippen LogP contribution in [0.4, 0.5) is 0 Å². The molecule has 4 heterocycles. The number of benzene rings is 9. The molecule has 13 rings (SSSR count). The minimum absolute atomic E-state index is 0.656. The molecule has 0 saturated heterocycles. The Labute approximate surface area is 321 Å². The van der Waals surface area contributed by atoms with E-state index < -0.39 is 0 Å². The van der Waals surface area contributed by atoms with Gasteiger partial charge in [-0.2, -0.15) is 0 Å². The van der Waals surface area contributed by atoms with Gasteiger partial charge in [0.05, 0.1) is 39.0 Å². The van der Waals surface area contributed by atoms with E-state index in [-0.39, 0.29) is 0 Å². The molecular formula is C52H30N4. The van der Waals surface area contributed by atoms with Gasteiger partial charge in [0.1, 0.15) is 0 Å². The second-order valence-electron chi connectivity index (χ2n) is 14.9. The summed E-state index contributed by atoms with van der Waals surface area (Å²) < 4.78 is 4.80. The third-order valence-electron chi connectivity index (χ3n) is 12.0. The summed E-state index contributed by atoms with van der Waals surface area (Å²) in [6.07, 6.45) is 0. The van der Waals surface area contributed by atoms with E-state index in [9.17, 15) is 0 Å². The topological polar surface area (TPSA) is 35.6 Å². The Hall–Kier alpha value is -7.56. The molecule has 9 aromatic carbocycles. The molecule has 0 fully saturated rings. The highest BCUT2D eigenvalue weighted by Gasteiger charge is 2.29. The van der Waals surface area contributed by atoms with Gasteiger partial charge in [0.25, 0.3) is 0 Å². The van der Waals surface area contributed by atoms with Crippen molar-refractivity contribution in [1.29, 1.82) is 0 Å². The second kappa shape index (κ2) is 11.0. The molecule has 0 N–H and O–H groups in total.